The number of hydrogen-bond donors (Lipinski definition) is 1. The van der Waals surface area contributed by atoms with Gasteiger partial charge in [0.05, 0.1) is 27.2 Å². The molecule has 0 aromatic rings. The molecule has 1 amide bonds. The van der Waals surface area contributed by atoms with Crippen molar-refractivity contribution in [3.63, 3.8) is 0 Å². The van der Waals surface area contributed by atoms with Gasteiger partial charge in [0.25, 0.3) is 0 Å². The van der Waals surface area contributed by atoms with Crippen molar-refractivity contribution in [3.05, 3.63) is 12.2 Å². The average Bonchev–Trinajstić information content (AvgIpc) is 2.54. The van der Waals surface area contributed by atoms with Crippen LogP contribution in [-0.4, -0.2) is 44.1 Å². The molecule has 0 fully saturated rings. The zero-order chi connectivity index (χ0) is 18.1. The summed E-state index contributed by atoms with van der Waals surface area (Å²) in [7, 11) is 4.61. The highest BCUT2D eigenvalue weighted by Gasteiger charge is 2.13. The van der Waals surface area contributed by atoms with Crippen LogP contribution in [0.4, 0.5) is 0 Å². The molecule has 0 aliphatic carbocycles. The maximum Gasteiger partial charge on any atom is 0.243 e. The number of rotatable bonds is 16. The minimum Gasteiger partial charge on any atom is -1.00 e. The van der Waals surface area contributed by atoms with E-state index in [1.165, 1.54) is 70.8 Å². The second-order valence-corrected chi connectivity index (χ2v) is 7.71. The number of amides is 1. The molecule has 3 nitrogen and oxygen atoms in total. The molecule has 0 unspecified atom stereocenters. The van der Waals surface area contributed by atoms with Crippen molar-refractivity contribution in [3.8, 4) is 0 Å². The Morgan fingerprint density at radius 1 is 0.840 bits per heavy atom. The molecule has 4 heteroatoms. The smallest absolute Gasteiger partial charge is 0.243 e. The van der Waals surface area contributed by atoms with Crippen LogP contribution >= 0.6 is 0 Å². The average molecular weight is 375 g/mol. The molecule has 25 heavy (non-hydrogen) atoms. The molecule has 0 aliphatic rings. The van der Waals surface area contributed by atoms with E-state index in [9.17, 15) is 4.79 Å². The zero-order valence-electron chi connectivity index (χ0n) is 17.3. The van der Waals surface area contributed by atoms with Gasteiger partial charge in [-0.1, -0.05) is 64.4 Å². The van der Waals surface area contributed by atoms with Crippen LogP contribution in [0.1, 0.15) is 84.5 Å². The Labute approximate surface area is 163 Å². The first kappa shape index (κ1) is 26.7. The van der Waals surface area contributed by atoms with E-state index in [1.54, 1.807) is 12.2 Å². The standard InChI is InChI=1S/C21H42N2O.ClH/c1-5-7-8-9-10-11-12-13-14-15-19-23(3,4)20-16-18-22-21(24)17-6-2;/h6,17H,5,7-16,18-20H2,1-4H3;1H. The third-order valence-corrected chi connectivity index (χ3v) is 4.67. The number of hydrogen-bond acceptors (Lipinski definition) is 1. The Balaban J connectivity index is 0. The highest BCUT2D eigenvalue weighted by molar-refractivity contribution is 5.87. The first-order valence-electron chi connectivity index (χ1n) is 10.2. The highest BCUT2D eigenvalue weighted by Crippen LogP contribution is 2.11. The summed E-state index contributed by atoms with van der Waals surface area (Å²) < 4.78 is 1.07. The van der Waals surface area contributed by atoms with Crippen molar-refractivity contribution in [2.75, 3.05) is 33.7 Å². The SMILES string of the molecule is CC=CC(=O)NCCC[N+](C)(C)CCCCCCCCCCCC.[Cl-]. The molecule has 0 radical (unpaired) electrons. The van der Waals surface area contributed by atoms with Crippen LogP contribution in [-0.2, 0) is 4.79 Å². The van der Waals surface area contributed by atoms with Gasteiger partial charge in [-0.15, -0.1) is 0 Å². The minimum atomic E-state index is 0. The lowest BCUT2D eigenvalue weighted by molar-refractivity contribution is -0.890. The minimum absolute atomic E-state index is 0. The van der Waals surface area contributed by atoms with Crippen molar-refractivity contribution in [2.24, 2.45) is 0 Å². The van der Waals surface area contributed by atoms with Gasteiger partial charge in [0.15, 0.2) is 0 Å². The molecule has 0 rings (SSSR count). The lowest BCUT2D eigenvalue weighted by Gasteiger charge is -2.30. The van der Waals surface area contributed by atoms with E-state index in [0.29, 0.717) is 0 Å². The number of nitrogens with one attached hydrogen (secondary N) is 1. The Bertz CT molecular complexity index is 330. The molecule has 0 saturated heterocycles. The predicted molar refractivity (Wildman–Crippen MR) is 106 cm³/mol. The summed E-state index contributed by atoms with van der Waals surface area (Å²) in [6.45, 7) is 7.31. The van der Waals surface area contributed by atoms with E-state index in [-0.39, 0.29) is 18.3 Å². The summed E-state index contributed by atoms with van der Waals surface area (Å²) in [5, 5.41) is 2.93. The fourth-order valence-corrected chi connectivity index (χ4v) is 3.07. The van der Waals surface area contributed by atoms with Gasteiger partial charge >= 0.3 is 0 Å². The number of quaternary nitrogens is 1. The Hall–Kier alpha value is -0.540. The first-order valence-corrected chi connectivity index (χ1v) is 10.2. The fraction of sp³-hybridized carbons (Fsp3) is 0.857. The van der Waals surface area contributed by atoms with Gasteiger partial charge in [0.1, 0.15) is 0 Å². The molecule has 0 heterocycles. The van der Waals surface area contributed by atoms with Crippen molar-refractivity contribution in [1.82, 2.24) is 5.32 Å². The van der Waals surface area contributed by atoms with Gasteiger partial charge in [-0.25, -0.2) is 0 Å². The summed E-state index contributed by atoms with van der Waals surface area (Å²) in [4.78, 5) is 11.3. The molecule has 0 atom stereocenters. The number of carbonyl (C=O) groups is 1. The van der Waals surface area contributed by atoms with Crippen LogP contribution in [0.5, 0.6) is 0 Å². The molecular formula is C21H43ClN2O. The van der Waals surface area contributed by atoms with Crippen LogP contribution in [0.15, 0.2) is 12.2 Å². The number of nitrogens with zero attached hydrogens (tertiary/aromatic N) is 1. The highest BCUT2D eigenvalue weighted by atomic mass is 35.5. The third kappa shape index (κ3) is 19.6. The van der Waals surface area contributed by atoms with Gasteiger partial charge in [-0.3, -0.25) is 4.79 Å². The molecule has 0 aromatic heterocycles. The monoisotopic (exact) mass is 374 g/mol. The number of carbonyl (C=O) groups excluding carboxylic acids is 1. The predicted octanol–water partition coefficient (Wildman–Crippen LogP) is 2.07. The van der Waals surface area contributed by atoms with E-state index >= 15 is 0 Å². The normalized spacial score (nSPS) is 11.5. The number of unbranched alkanes of at least 4 members (excludes halogenated alkanes) is 9. The number of allylic oxidation sites excluding steroid dienone is 1. The largest absolute Gasteiger partial charge is 1.00 e. The third-order valence-electron chi connectivity index (χ3n) is 4.67. The number of halogens is 1. The van der Waals surface area contributed by atoms with Crippen molar-refractivity contribution in [1.29, 1.82) is 0 Å². The topological polar surface area (TPSA) is 29.1 Å². The van der Waals surface area contributed by atoms with Gasteiger partial charge in [-0.2, -0.15) is 0 Å². The maximum absolute atomic E-state index is 11.3. The van der Waals surface area contributed by atoms with Crippen LogP contribution in [0.2, 0.25) is 0 Å². The van der Waals surface area contributed by atoms with Gasteiger partial charge < -0.3 is 22.2 Å². The molecular weight excluding hydrogens is 332 g/mol. The second kappa shape index (κ2) is 18.3. The van der Waals surface area contributed by atoms with Crippen molar-refractivity contribution >= 4 is 5.91 Å². The lowest BCUT2D eigenvalue weighted by Crippen LogP contribution is -3.00. The quantitative estimate of drug-likeness (QED) is 0.250. The molecule has 0 saturated carbocycles. The van der Waals surface area contributed by atoms with Crippen LogP contribution in [0.3, 0.4) is 0 Å². The molecule has 1 N–H and O–H groups in total. The summed E-state index contributed by atoms with van der Waals surface area (Å²) in [6, 6.07) is 0. The molecule has 0 bridgehead atoms. The first-order chi connectivity index (χ1) is 11.5. The zero-order valence-corrected chi connectivity index (χ0v) is 18.0. The molecule has 0 spiro atoms. The second-order valence-electron chi connectivity index (χ2n) is 7.71. The fourth-order valence-electron chi connectivity index (χ4n) is 3.07. The van der Waals surface area contributed by atoms with Gasteiger partial charge in [-0.05, 0) is 25.8 Å². The van der Waals surface area contributed by atoms with Crippen molar-refractivity contribution in [2.45, 2.75) is 84.5 Å². The molecule has 150 valence electrons. The van der Waals surface area contributed by atoms with E-state index in [2.05, 4.69) is 26.3 Å². The van der Waals surface area contributed by atoms with E-state index in [0.717, 1.165) is 24.0 Å². The van der Waals surface area contributed by atoms with E-state index in [1.807, 2.05) is 6.92 Å². The summed E-state index contributed by atoms with van der Waals surface area (Å²) in [5.41, 5.74) is 0. The summed E-state index contributed by atoms with van der Waals surface area (Å²) >= 11 is 0. The summed E-state index contributed by atoms with van der Waals surface area (Å²) in [5.74, 6) is 0.0255. The van der Waals surface area contributed by atoms with E-state index in [4.69, 9.17) is 0 Å². The maximum atomic E-state index is 11.3. The van der Waals surface area contributed by atoms with Crippen LogP contribution in [0, 0.1) is 0 Å². The lowest BCUT2D eigenvalue weighted by atomic mass is 10.1. The Morgan fingerprint density at radius 2 is 1.32 bits per heavy atom. The van der Waals surface area contributed by atoms with E-state index < -0.39 is 0 Å². The van der Waals surface area contributed by atoms with Crippen LogP contribution in [0.25, 0.3) is 0 Å². The Morgan fingerprint density at radius 3 is 1.84 bits per heavy atom. The Kier molecular flexibility index (Phi) is 19.5. The summed E-state index contributed by atoms with van der Waals surface area (Å²) in [6.07, 6.45) is 18.4. The van der Waals surface area contributed by atoms with Crippen LogP contribution < -0.4 is 17.7 Å². The molecule has 0 aliphatic heterocycles. The van der Waals surface area contributed by atoms with Crippen molar-refractivity contribution < 1.29 is 21.7 Å². The molecule has 0 aromatic carbocycles. The van der Waals surface area contributed by atoms with Gasteiger partial charge in [0, 0.05) is 13.0 Å². The van der Waals surface area contributed by atoms with Gasteiger partial charge in [0.2, 0.25) is 5.91 Å².